The number of carbonyl (C=O) groups excluding carboxylic acids is 1. The van der Waals surface area contributed by atoms with E-state index in [-0.39, 0.29) is 11.5 Å². The molecule has 0 fully saturated rings. The van der Waals surface area contributed by atoms with E-state index in [0.717, 1.165) is 19.0 Å². The van der Waals surface area contributed by atoms with E-state index < -0.39 is 5.82 Å². The Labute approximate surface area is 101 Å². The molecule has 94 valence electrons. The van der Waals surface area contributed by atoms with Gasteiger partial charge in [-0.15, -0.1) is 0 Å². The van der Waals surface area contributed by atoms with Crippen LogP contribution in [0.15, 0.2) is 18.5 Å². The number of rotatable bonds is 6. The molecule has 1 aromatic heterocycles. The number of nitrogens with two attached hydrogens (primary N) is 1. The number of nitrogens with zero attached hydrogens (tertiary/aromatic N) is 2. The molecule has 0 aliphatic rings. The van der Waals surface area contributed by atoms with Gasteiger partial charge in [0.05, 0.1) is 11.8 Å². The predicted octanol–water partition coefficient (Wildman–Crippen LogP) is 1.42. The molecule has 0 atom stereocenters. The summed E-state index contributed by atoms with van der Waals surface area (Å²) in [5, 5.41) is 0. The molecule has 1 aromatic rings. The zero-order valence-electron chi connectivity index (χ0n) is 10.0. The normalized spacial score (nSPS) is 10.3. The van der Waals surface area contributed by atoms with Crippen molar-refractivity contribution in [1.29, 1.82) is 0 Å². The molecule has 1 rings (SSSR count). The SMILES string of the molecule is CCCN(CCCN)C(=O)c1ccncc1F. The van der Waals surface area contributed by atoms with Crippen LogP contribution in [0, 0.1) is 5.82 Å². The summed E-state index contributed by atoms with van der Waals surface area (Å²) in [6.07, 6.45) is 4.03. The fourth-order valence-corrected chi connectivity index (χ4v) is 1.59. The Hall–Kier alpha value is -1.49. The summed E-state index contributed by atoms with van der Waals surface area (Å²) in [6.45, 7) is 3.67. The molecule has 17 heavy (non-hydrogen) atoms. The van der Waals surface area contributed by atoms with Crippen molar-refractivity contribution < 1.29 is 9.18 Å². The minimum absolute atomic E-state index is 0.0745. The Kier molecular flexibility index (Phi) is 5.56. The Morgan fingerprint density at radius 3 is 2.88 bits per heavy atom. The van der Waals surface area contributed by atoms with Crippen LogP contribution < -0.4 is 5.73 Å². The van der Waals surface area contributed by atoms with Crippen LogP contribution in [0.4, 0.5) is 4.39 Å². The van der Waals surface area contributed by atoms with E-state index in [9.17, 15) is 9.18 Å². The van der Waals surface area contributed by atoms with Gasteiger partial charge in [-0.1, -0.05) is 6.92 Å². The molecule has 1 amide bonds. The van der Waals surface area contributed by atoms with Crippen molar-refractivity contribution in [2.45, 2.75) is 19.8 Å². The molecule has 0 radical (unpaired) electrons. The highest BCUT2D eigenvalue weighted by molar-refractivity contribution is 5.94. The fourth-order valence-electron chi connectivity index (χ4n) is 1.59. The van der Waals surface area contributed by atoms with Crippen molar-refractivity contribution in [3.63, 3.8) is 0 Å². The van der Waals surface area contributed by atoms with E-state index >= 15 is 0 Å². The molecular weight excluding hydrogens is 221 g/mol. The van der Waals surface area contributed by atoms with Crippen molar-refractivity contribution in [3.8, 4) is 0 Å². The average Bonchev–Trinajstić information content (AvgIpc) is 2.34. The Bertz CT molecular complexity index is 371. The molecule has 1 heterocycles. The fraction of sp³-hybridized carbons (Fsp3) is 0.500. The van der Waals surface area contributed by atoms with Crippen molar-refractivity contribution in [2.24, 2.45) is 5.73 Å². The third-order valence-electron chi connectivity index (χ3n) is 2.42. The third-order valence-corrected chi connectivity index (χ3v) is 2.42. The van der Waals surface area contributed by atoms with Gasteiger partial charge in [0.1, 0.15) is 0 Å². The lowest BCUT2D eigenvalue weighted by Crippen LogP contribution is -2.34. The minimum Gasteiger partial charge on any atom is -0.339 e. The molecule has 0 saturated carbocycles. The summed E-state index contributed by atoms with van der Waals surface area (Å²) in [7, 11) is 0. The molecule has 0 bridgehead atoms. The topological polar surface area (TPSA) is 59.2 Å². The van der Waals surface area contributed by atoms with E-state index in [1.165, 1.54) is 12.3 Å². The lowest BCUT2D eigenvalue weighted by atomic mass is 10.2. The smallest absolute Gasteiger partial charge is 0.256 e. The lowest BCUT2D eigenvalue weighted by molar-refractivity contribution is 0.0750. The average molecular weight is 239 g/mol. The highest BCUT2D eigenvalue weighted by Gasteiger charge is 2.17. The summed E-state index contributed by atoms with van der Waals surface area (Å²) >= 11 is 0. The van der Waals surface area contributed by atoms with Crippen LogP contribution in [-0.2, 0) is 0 Å². The van der Waals surface area contributed by atoms with Gasteiger partial charge < -0.3 is 10.6 Å². The molecular formula is C12H18FN3O. The number of hydrogen-bond donors (Lipinski definition) is 1. The monoisotopic (exact) mass is 239 g/mol. The first-order chi connectivity index (χ1) is 8.20. The van der Waals surface area contributed by atoms with Gasteiger partial charge in [-0.2, -0.15) is 0 Å². The first kappa shape index (κ1) is 13.6. The van der Waals surface area contributed by atoms with Crippen molar-refractivity contribution in [3.05, 3.63) is 29.8 Å². The standard InChI is InChI=1S/C12H18FN3O/c1-2-7-16(8-3-5-14)12(17)10-4-6-15-9-11(10)13/h4,6,9H,2-3,5,7-8,14H2,1H3. The number of hydrogen-bond acceptors (Lipinski definition) is 3. The van der Waals surface area contributed by atoms with Crippen molar-refractivity contribution >= 4 is 5.91 Å². The number of aromatic nitrogens is 1. The molecule has 0 aliphatic heterocycles. The number of amides is 1. The molecule has 0 unspecified atom stereocenters. The van der Waals surface area contributed by atoms with Crippen LogP contribution in [-0.4, -0.2) is 35.4 Å². The largest absolute Gasteiger partial charge is 0.339 e. The Morgan fingerprint density at radius 2 is 2.29 bits per heavy atom. The quantitative estimate of drug-likeness (QED) is 0.816. The van der Waals surface area contributed by atoms with Crippen LogP contribution in [0.5, 0.6) is 0 Å². The van der Waals surface area contributed by atoms with Gasteiger partial charge in [-0.3, -0.25) is 9.78 Å². The first-order valence-corrected chi connectivity index (χ1v) is 5.79. The van der Waals surface area contributed by atoms with Gasteiger partial charge in [-0.05, 0) is 25.5 Å². The van der Waals surface area contributed by atoms with Gasteiger partial charge in [0, 0.05) is 19.3 Å². The molecule has 0 saturated heterocycles. The predicted molar refractivity (Wildman–Crippen MR) is 64.1 cm³/mol. The third kappa shape index (κ3) is 3.78. The molecule has 5 heteroatoms. The maximum absolute atomic E-state index is 13.4. The summed E-state index contributed by atoms with van der Waals surface area (Å²) in [5.74, 6) is -0.869. The number of halogens is 1. The highest BCUT2D eigenvalue weighted by Crippen LogP contribution is 2.09. The van der Waals surface area contributed by atoms with E-state index in [4.69, 9.17) is 5.73 Å². The van der Waals surface area contributed by atoms with Crippen LogP contribution in [0.2, 0.25) is 0 Å². The lowest BCUT2D eigenvalue weighted by Gasteiger charge is -2.22. The van der Waals surface area contributed by atoms with E-state index in [0.29, 0.717) is 19.6 Å². The first-order valence-electron chi connectivity index (χ1n) is 5.79. The molecule has 0 aliphatic carbocycles. The van der Waals surface area contributed by atoms with Crippen LogP contribution >= 0.6 is 0 Å². The van der Waals surface area contributed by atoms with Gasteiger partial charge in [-0.25, -0.2) is 4.39 Å². The van der Waals surface area contributed by atoms with E-state index in [1.54, 1.807) is 4.90 Å². The van der Waals surface area contributed by atoms with E-state index in [1.807, 2.05) is 6.92 Å². The van der Waals surface area contributed by atoms with E-state index in [2.05, 4.69) is 4.98 Å². The second-order valence-electron chi connectivity index (χ2n) is 3.79. The van der Waals surface area contributed by atoms with Gasteiger partial charge in [0.15, 0.2) is 5.82 Å². The maximum Gasteiger partial charge on any atom is 0.256 e. The van der Waals surface area contributed by atoms with Gasteiger partial charge >= 0.3 is 0 Å². The van der Waals surface area contributed by atoms with Crippen LogP contribution in [0.3, 0.4) is 0 Å². The summed E-state index contributed by atoms with van der Waals surface area (Å²) in [5.41, 5.74) is 5.49. The second-order valence-corrected chi connectivity index (χ2v) is 3.79. The molecule has 2 N–H and O–H groups in total. The second kappa shape index (κ2) is 6.96. The van der Waals surface area contributed by atoms with Crippen molar-refractivity contribution in [2.75, 3.05) is 19.6 Å². The minimum atomic E-state index is -0.577. The number of pyridine rings is 1. The zero-order chi connectivity index (χ0) is 12.7. The summed E-state index contributed by atoms with van der Waals surface area (Å²) < 4.78 is 13.4. The van der Waals surface area contributed by atoms with Gasteiger partial charge in [0.2, 0.25) is 0 Å². The van der Waals surface area contributed by atoms with Gasteiger partial charge in [0.25, 0.3) is 5.91 Å². The van der Waals surface area contributed by atoms with Crippen LogP contribution in [0.1, 0.15) is 30.1 Å². The zero-order valence-corrected chi connectivity index (χ0v) is 10.0. The summed E-state index contributed by atoms with van der Waals surface area (Å²) in [6, 6.07) is 1.41. The maximum atomic E-state index is 13.4. The Balaban J connectivity index is 2.80. The summed E-state index contributed by atoms with van der Waals surface area (Å²) in [4.78, 5) is 17.3. The molecule has 0 aromatic carbocycles. The molecule has 4 nitrogen and oxygen atoms in total. The highest BCUT2D eigenvalue weighted by atomic mass is 19.1. The van der Waals surface area contributed by atoms with Crippen LogP contribution in [0.25, 0.3) is 0 Å². The number of carbonyl (C=O) groups is 1. The molecule has 0 spiro atoms. The Morgan fingerprint density at radius 1 is 1.53 bits per heavy atom. The van der Waals surface area contributed by atoms with Crippen molar-refractivity contribution in [1.82, 2.24) is 9.88 Å².